The Kier molecular flexibility index (Phi) is 67.2. The summed E-state index contributed by atoms with van der Waals surface area (Å²) < 4.78 is 16.9. The van der Waals surface area contributed by atoms with Crippen molar-refractivity contribution in [2.45, 2.75) is 348 Å². The first-order chi connectivity index (χ1) is 41.0. The second-order valence-corrected chi connectivity index (χ2v) is 23.4. The quantitative estimate of drug-likeness (QED) is 0.0261. The van der Waals surface area contributed by atoms with Crippen LogP contribution in [0.15, 0.2) is 109 Å². The van der Waals surface area contributed by atoms with Gasteiger partial charge in [0.15, 0.2) is 6.10 Å². The minimum atomic E-state index is -0.815. The van der Waals surface area contributed by atoms with Gasteiger partial charge in [-0.1, -0.05) is 316 Å². The molecule has 0 rings (SSSR count). The molecule has 0 saturated heterocycles. The van der Waals surface area contributed by atoms with Crippen molar-refractivity contribution in [3.63, 3.8) is 0 Å². The van der Waals surface area contributed by atoms with Crippen LogP contribution in [0.2, 0.25) is 0 Å². The summed E-state index contributed by atoms with van der Waals surface area (Å²) in [4.78, 5) is 38.3. The van der Waals surface area contributed by atoms with Crippen molar-refractivity contribution in [1.82, 2.24) is 0 Å². The summed E-state index contributed by atoms with van der Waals surface area (Å²) in [6.45, 7) is 6.42. The van der Waals surface area contributed by atoms with Gasteiger partial charge in [0.2, 0.25) is 0 Å². The summed E-state index contributed by atoms with van der Waals surface area (Å²) in [5.41, 5.74) is 0. The maximum atomic E-state index is 12.9. The van der Waals surface area contributed by atoms with E-state index in [1.165, 1.54) is 180 Å². The number of carbonyl (C=O) groups is 3. The average molecular weight is 1150 g/mol. The number of esters is 3. The van der Waals surface area contributed by atoms with Gasteiger partial charge in [0.1, 0.15) is 13.2 Å². The molecule has 0 amide bonds. The molecule has 6 heteroatoms. The van der Waals surface area contributed by atoms with Gasteiger partial charge >= 0.3 is 17.9 Å². The van der Waals surface area contributed by atoms with Gasteiger partial charge in [-0.2, -0.15) is 0 Å². The van der Waals surface area contributed by atoms with Crippen LogP contribution in [0.5, 0.6) is 0 Å². The number of hydrogen-bond acceptors (Lipinski definition) is 6. The van der Waals surface area contributed by atoms with Crippen LogP contribution in [0.1, 0.15) is 342 Å². The summed E-state index contributed by atoms with van der Waals surface area (Å²) in [6, 6.07) is 0. The van der Waals surface area contributed by atoms with Crippen molar-refractivity contribution < 1.29 is 28.6 Å². The van der Waals surface area contributed by atoms with Gasteiger partial charge in [-0.3, -0.25) is 14.4 Å². The zero-order valence-electron chi connectivity index (χ0n) is 54.7. The van der Waals surface area contributed by atoms with E-state index in [1.54, 1.807) is 0 Å². The standard InChI is InChI=1S/C77H132O6/c1-4-7-10-13-16-19-22-25-27-29-30-31-32-33-34-35-36-37-38-39-40-41-42-43-44-45-46-48-49-52-55-58-61-64-67-70-76(79)82-73-74(72-81-75(78)69-66-63-60-57-54-51-24-21-18-15-12-9-6-3)83-77(80)71-68-65-62-59-56-53-50-47-28-26-23-20-17-14-11-8-5-2/h8,11-12,15,17,20-22,24-26,28-30,50,53,59,62,74H,4-7,9-10,13-14,16,18-19,23,27,31-49,51-52,54-58,60-61,63-73H2,1-3H3/b11-8-,15-12-,20-17-,24-21-,25-22-,28-26-,30-29-,53-50-,62-59-. The monoisotopic (exact) mass is 1150 g/mol. The number of hydrogen-bond donors (Lipinski definition) is 0. The molecule has 0 aromatic rings. The zero-order valence-corrected chi connectivity index (χ0v) is 54.7. The SMILES string of the molecule is CC/C=C\C/C=C\C/C=C\C/C=C\C/C=C\CCCC(=O)OC(COC(=O)CCCCCCC/C=C\C/C=C\CCC)COC(=O)CCCCCCCCCCCCCCCCCCCCCCCCC/C=C\C/C=C\CCCCCCC. The third-order valence-electron chi connectivity index (χ3n) is 15.2. The molecule has 0 aliphatic carbocycles. The minimum absolute atomic E-state index is 0.104. The lowest BCUT2D eigenvalue weighted by Gasteiger charge is -2.18. The Hall–Kier alpha value is -3.93. The smallest absolute Gasteiger partial charge is 0.306 e. The highest BCUT2D eigenvalue weighted by atomic mass is 16.6. The van der Waals surface area contributed by atoms with Crippen LogP contribution in [0.25, 0.3) is 0 Å². The first kappa shape index (κ1) is 79.1. The lowest BCUT2D eigenvalue weighted by atomic mass is 10.0. The number of allylic oxidation sites excluding steroid dienone is 18. The fraction of sp³-hybridized carbons (Fsp3) is 0.727. The van der Waals surface area contributed by atoms with Crippen LogP contribution in [0, 0.1) is 0 Å². The molecule has 6 nitrogen and oxygen atoms in total. The zero-order chi connectivity index (χ0) is 59.9. The Morgan fingerprint density at radius 2 is 0.506 bits per heavy atom. The minimum Gasteiger partial charge on any atom is -0.462 e. The Bertz CT molecular complexity index is 1660. The fourth-order valence-corrected chi connectivity index (χ4v) is 9.96. The average Bonchev–Trinajstić information content (AvgIpc) is 3.49. The highest BCUT2D eigenvalue weighted by molar-refractivity contribution is 5.71. The summed E-state index contributed by atoms with van der Waals surface area (Å²) in [6.07, 6.45) is 97.2. The van der Waals surface area contributed by atoms with E-state index in [4.69, 9.17) is 14.2 Å². The Morgan fingerprint density at radius 3 is 0.819 bits per heavy atom. The van der Waals surface area contributed by atoms with Crippen LogP contribution in [0.4, 0.5) is 0 Å². The van der Waals surface area contributed by atoms with E-state index in [0.29, 0.717) is 19.3 Å². The molecule has 0 aromatic heterocycles. The second kappa shape index (κ2) is 70.6. The van der Waals surface area contributed by atoms with E-state index in [2.05, 4.69) is 130 Å². The lowest BCUT2D eigenvalue weighted by Crippen LogP contribution is -2.30. The van der Waals surface area contributed by atoms with Crippen molar-refractivity contribution in [1.29, 1.82) is 0 Å². The molecule has 0 aliphatic heterocycles. The van der Waals surface area contributed by atoms with Gasteiger partial charge in [0, 0.05) is 19.3 Å². The second-order valence-electron chi connectivity index (χ2n) is 23.4. The molecule has 1 unspecified atom stereocenters. The highest BCUT2D eigenvalue weighted by Crippen LogP contribution is 2.17. The van der Waals surface area contributed by atoms with Gasteiger partial charge in [0.25, 0.3) is 0 Å². The molecule has 1 atom stereocenters. The number of rotatable bonds is 64. The van der Waals surface area contributed by atoms with Crippen LogP contribution in [-0.2, 0) is 28.6 Å². The molecule has 0 radical (unpaired) electrons. The van der Waals surface area contributed by atoms with Gasteiger partial charge in [-0.05, 0) is 116 Å². The van der Waals surface area contributed by atoms with Crippen molar-refractivity contribution in [2.24, 2.45) is 0 Å². The van der Waals surface area contributed by atoms with Crippen LogP contribution in [0.3, 0.4) is 0 Å². The van der Waals surface area contributed by atoms with Crippen molar-refractivity contribution in [3.05, 3.63) is 109 Å². The first-order valence-electron chi connectivity index (χ1n) is 35.4. The lowest BCUT2D eigenvalue weighted by molar-refractivity contribution is -0.167. The topological polar surface area (TPSA) is 78.9 Å². The largest absolute Gasteiger partial charge is 0.462 e. The summed E-state index contributed by atoms with van der Waals surface area (Å²) in [7, 11) is 0. The summed E-state index contributed by atoms with van der Waals surface area (Å²) in [5, 5.41) is 0. The van der Waals surface area contributed by atoms with Gasteiger partial charge in [-0.25, -0.2) is 0 Å². The van der Waals surface area contributed by atoms with Gasteiger partial charge in [-0.15, -0.1) is 0 Å². The Balaban J connectivity index is 4.16. The third kappa shape index (κ3) is 68.7. The summed E-state index contributed by atoms with van der Waals surface area (Å²) in [5.74, 6) is -0.967. The molecular weight excluding hydrogens is 1020 g/mol. The number of carbonyl (C=O) groups excluding carboxylic acids is 3. The maximum absolute atomic E-state index is 12.9. The Morgan fingerprint density at radius 1 is 0.253 bits per heavy atom. The summed E-state index contributed by atoms with van der Waals surface area (Å²) >= 11 is 0. The van der Waals surface area contributed by atoms with Crippen LogP contribution < -0.4 is 0 Å². The van der Waals surface area contributed by atoms with E-state index < -0.39 is 6.10 Å². The van der Waals surface area contributed by atoms with Crippen LogP contribution in [-0.4, -0.2) is 37.2 Å². The molecule has 0 N–H and O–H groups in total. The molecule has 476 valence electrons. The number of ether oxygens (including phenoxy) is 3. The predicted octanol–water partition coefficient (Wildman–Crippen LogP) is 24.6. The predicted molar refractivity (Wildman–Crippen MR) is 362 cm³/mol. The van der Waals surface area contributed by atoms with Crippen molar-refractivity contribution in [3.8, 4) is 0 Å². The van der Waals surface area contributed by atoms with Crippen LogP contribution >= 0.6 is 0 Å². The van der Waals surface area contributed by atoms with Gasteiger partial charge in [0.05, 0.1) is 0 Å². The molecule has 0 spiro atoms. The fourth-order valence-electron chi connectivity index (χ4n) is 9.96. The van der Waals surface area contributed by atoms with E-state index in [0.717, 1.165) is 116 Å². The van der Waals surface area contributed by atoms with E-state index >= 15 is 0 Å². The molecule has 0 aromatic carbocycles. The van der Waals surface area contributed by atoms with Gasteiger partial charge < -0.3 is 14.2 Å². The highest BCUT2D eigenvalue weighted by Gasteiger charge is 2.19. The molecule has 0 saturated carbocycles. The number of unbranched alkanes of at least 4 members (excludes halogenated alkanes) is 35. The molecule has 0 heterocycles. The van der Waals surface area contributed by atoms with Crippen molar-refractivity contribution >= 4 is 17.9 Å². The van der Waals surface area contributed by atoms with E-state index in [9.17, 15) is 14.4 Å². The maximum Gasteiger partial charge on any atom is 0.306 e. The molecule has 83 heavy (non-hydrogen) atoms. The van der Waals surface area contributed by atoms with E-state index in [-0.39, 0.29) is 37.5 Å². The Labute approximate surface area is 514 Å². The molecule has 0 fully saturated rings. The molecule has 0 bridgehead atoms. The van der Waals surface area contributed by atoms with E-state index in [1.807, 2.05) is 0 Å². The molecular formula is C77H132O6. The first-order valence-corrected chi connectivity index (χ1v) is 35.4. The molecule has 0 aliphatic rings. The third-order valence-corrected chi connectivity index (χ3v) is 15.2. The normalized spacial score (nSPS) is 12.8. The van der Waals surface area contributed by atoms with Crippen molar-refractivity contribution in [2.75, 3.05) is 13.2 Å².